The number of rotatable bonds is 3. The predicted octanol–water partition coefficient (Wildman–Crippen LogP) is 3.34. The maximum Gasteiger partial charge on any atom is 0.112 e. The first-order valence-electron chi connectivity index (χ1n) is 6.82. The van der Waals surface area contributed by atoms with Crippen LogP contribution in [0.4, 0.5) is 0 Å². The standard InChI is InChI=1S/C15H20N2O/c1-11(2)15-16-13-7-3-4-8-14(13)17(15)10-12-6-5-9-18-12/h3-4,7-8,11-12H,5-6,9-10H2,1-2H3. The van der Waals surface area contributed by atoms with Gasteiger partial charge in [0.1, 0.15) is 5.82 Å². The molecule has 1 atom stereocenters. The number of nitrogens with zero attached hydrogens (tertiary/aromatic N) is 2. The Balaban J connectivity index is 2.03. The molecule has 1 aromatic carbocycles. The summed E-state index contributed by atoms with van der Waals surface area (Å²) in [7, 11) is 0. The highest BCUT2D eigenvalue weighted by atomic mass is 16.5. The molecule has 0 aliphatic carbocycles. The quantitative estimate of drug-likeness (QED) is 0.828. The van der Waals surface area contributed by atoms with Gasteiger partial charge in [0, 0.05) is 12.5 Å². The molecule has 0 saturated carbocycles. The summed E-state index contributed by atoms with van der Waals surface area (Å²) in [5, 5.41) is 0. The number of hydrogen-bond donors (Lipinski definition) is 0. The summed E-state index contributed by atoms with van der Waals surface area (Å²) in [5.41, 5.74) is 2.33. The lowest BCUT2D eigenvalue weighted by Gasteiger charge is -2.15. The van der Waals surface area contributed by atoms with E-state index in [4.69, 9.17) is 9.72 Å². The van der Waals surface area contributed by atoms with Crippen molar-refractivity contribution < 1.29 is 4.74 Å². The van der Waals surface area contributed by atoms with E-state index in [9.17, 15) is 0 Å². The Hall–Kier alpha value is -1.35. The molecule has 3 nitrogen and oxygen atoms in total. The zero-order valence-electron chi connectivity index (χ0n) is 11.1. The lowest BCUT2D eigenvalue weighted by atomic mass is 10.2. The Morgan fingerprint density at radius 1 is 1.39 bits per heavy atom. The van der Waals surface area contributed by atoms with Crippen molar-refractivity contribution in [2.75, 3.05) is 6.61 Å². The lowest BCUT2D eigenvalue weighted by Crippen LogP contribution is -2.17. The van der Waals surface area contributed by atoms with Gasteiger partial charge < -0.3 is 9.30 Å². The summed E-state index contributed by atoms with van der Waals surface area (Å²) in [6, 6.07) is 8.38. The SMILES string of the molecule is CC(C)c1nc2ccccc2n1CC1CCCO1. The molecule has 2 heterocycles. The van der Waals surface area contributed by atoms with Gasteiger partial charge in [-0.05, 0) is 25.0 Å². The van der Waals surface area contributed by atoms with Gasteiger partial charge >= 0.3 is 0 Å². The third-order valence-electron chi connectivity index (χ3n) is 3.61. The Morgan fingerprint density at radius 3 is 2.94 bits per heavy atom. The number of hydrogen-bond acceptors (Lipinski definition) is 2. The maximum absolute atomic E-state index is 5.76. The number of fused-ring (bicyclic) bond motifs is 1. The van der Waals surface area contributed by atoms with Crippen molar-refractivity contribution in [1.29, 1.82) is 0 Å². The van der Waals surface area contributed by atoms with Crippen molar-refractivity contribution >= 4 is 11.0 Å². The van der Waals surface area contributed by atoms with Crippen LogP contribution in [0.1, 0.15) is 38.4 Å². The molecule has 0 N–H and O–H groups in total. The lowest BCUT2D eigenvalue weighted by molar-refractivity contribution is 0.0970. The van der Waals surface area contributed by atoms with Crippen LogP contribution in [0.15, 0.2) is 24.3 Å². The van der Waals surface area contributed by atoms with E-state index < -0.39 is 0 Å². The summed E-state index contributed by atoms with van der Waals surface area (Å²) < 4.78 is 8.10. The van der Waals surface area contributed by atoms with Crippen molar-refractivity contribution in [2.45, 2.75) is 45.3 Å². The van der Waals surface area contributed by atoms with Crippen molar-refractivity contribution in [3.63, 3.8) is 0 Å². The van der Waals surface area contributed by atoms with Gasteiger partial charge in [-0.15, -0.1) is 0 Å². The van der Waals surface area contributed by atoms with Crippen LogP contribution >= 0.6 is 0 Å². The van der Waals surface area contributed by atoms with Gasteiger partial charge in [0.25, 0.3) is 0 Å². The number of para-hydroxylation sites is 2. The first kappa shape index (κ1) is 11.7. The molecular formula is C15H20N2O. The number of imidazole rings is 1. The van der Waals surface area contributed by atoms with E-state index in [2.05, 4.69) is 42.7 Å². The first-order chi connectivity index (χ1) is 8.75. The number of aromatic nitrogens is 2. The van der Waals surface area contributed by atoms with Crippen molar-refractivity contribution in [1.82, 2.24) is 9.55 Å². The molecule has 1 aliphatic rings. The zero-order valence-corrected chi connectivity index (χ0v) is 11.1. The Morgan fingerprint density at radius 2 is 2.22 bits per heavy atom. The van der Waals surface area contributed by atoms with E-state index in [1.165, 1.54) is 24.2 Å². The highest BCUT2D eigenvalue weighted by Crippen LogP contribution is 2.24. The molecule has 3 rings (SSSR count). The topological polar surface area (TPSA) is 27.1 Å². The highest BCUT2D eigenvalue weighted by Gasteiger charge is 2.20. The Labute approximate surface area is 108 Å². The monoisotopic (exact) mass is 244 g/mol. The van der Waals surface area contributed by atoms with Gasteiger partial charge in [-0.25, -0.2) is 4.98 Å². The van der Waals surface area contributed by atoms with Crippen LogP contribution in [0.25, 0.3) is 11.0 Å². The fourth-order valence-electron chi connectivity index (χ4n) is 2.72. The average Bonchev–Trinajstić information content (AvgIpc) is 2.98. The highest BCUT2D eigenvalue weighted by molar-refractivity contribution is 5.76. The molecule has 1 saturated heterocycles. The Bertz CT molecular complexity index is 538. The van der Waals surface area contributed by atoms with Gasteiger partial charge in [-0.1, -0.05) is 26.0 Å². The van der Waals surface area contributed by atoms with Gasteiger partial charge in [0.05, 0.1) is 23.7 Å². The van der Waals surface area contributed by atoms with Crippen LogP contribution < -0.4 is 0 Å². The fraction of sp³-hybridized carbons (Fsp3) is 0.533. The fourth-order valence-corrected chi connectivity index (χ4v) is 2.72. The van der Waals surface area contributed by atoms with Gasteiger partial charge in [-0.2, -0.15) is 0 Å². The summed E-state index contributed by atoms with van der Waals surface area (Å²) >= 11 is 0. The van der Waals surface area contributed by atoms with Crippen LogP contribution in [0.5, 0.6) is 0 Å². The molecule has 3 heteroatoms. The van der Waals surface area contributed by atoms with E-state index in [1.807, 2.05) is 0 Å². The zero-order chi connectivity index (χ0) is 12.5. The van der Waals surface area contributed by atoms with Gasteiger partial charge in [0.2, 0.25) is 0 Å². The summed E-state index contributed by atoms with van der Waals surface area (Å²) in [6.07, 6.45) is 2.72. The largest absolute Gasteiger partial charge is 0.376 e. The summed E-state index contributed by atoms with van der Waals surface area (Å²) in [6.45, 7) is 6.25. The third kappa shape index (κ3) is 2.03. The van der Waals surface area contributed by atoms with E-state index in [0.717, 1.165) is 18.7 Å². The summed E-state index contributed by atoms with van der Waals surface area (Å²) in [5.74, 6) is 1.62. The van der Waals surface area contributed by atoms with E-state index in [-0.39, 0.29) is 0 Å². The second-order valence-corrected chi connectivity index (χ2v) is 5.36. The minimum atomic E-state index is 0.361. The third-order valence-corrected chi connectivity index (χ3v) is 3.61. The minimum Gasteiger partial charge on any atom is -0.376 e. The molecule has 0 amide bonds. The number of benzene rings is 1. The molecule has 18 heavy (non-hydrogen) atoms. The minimum absolute atomic E-state index is 0.361. The van der Waals surface area contributed by atoms with E-state index in [0.29, 0.717) is 12.0 Å². The van der Waals surface area contributed by atoms with E-state index >= 15 is 0 Å². The van der Waals surface area contributed by atoms with Crippen LogP contribution in [0.2, 0.25) is 0 Å². The van der Waals surface area contributed by atoms with Crippen molar-refractivity contribution in [3.05, 3.63) is 30.1 Å². The van der Waals surface area contributed by atoms with Gasteiger partial charge in [-0.3, -0.25) is 0 Å². The first-order valence-corrected chi connectivity index (χ1v) is 6.82. The van der Waals surface area contributed by atoms with Crippen LogP contribution in [0, 0.1) is 0 Å². The predicted molar refractivity (Wildman–Crippen MR) is 72.8 cm³/mol. The Kier molecular flexibility index (Phi) is 3.08. The van der Waals surface area contributed by atoms with E-state index in [1.54, 1.807) is 0 Å². The molecule has 0 bridgehead atoms. The van der Waals surface area contributed by atoms with Crippen molar-refractivity contribution in [2.24, 2.45) is 0 Å². The number of ether oxygens (including phenoxy) is 1. The normalized spacial score (nSPS) is 20.1. The maximum atomic E-state index is 5.76. The smallest absolute Gasteiger partial charge is 0.112 e. The molecule has 96 valence electrons. The van der Waals surface area contributed by atoms with Crippen molar-refractivity contribution in [3.8, 4) is 0 Å². The molecule has 0 spiro atoms. The molecule has 1 unspecified atom stereocenters. The second kappa shape index (κ2) is 4.73. The molecule has 2 aromatic rings. The molecule has 0 radical (unpaired) electrons. The summed E-state index contributed by atoms with van der Waals surface area (Å²) in [4.78, 5) is 4.76. The molecule has 1 aromatic heterocycles. The van der Waals surface area contributed by atoms with Crippen LogP contribution in [-0.2, 0) is 11.3 Å². The molecule has 1 aliphatic heterocycles. The molecular weight excluding hydrogens is 224 g/mol. The average molecular weight is 244 g/mol. The molecule has 1 fully saturated rings. The van der Waals surface area contributed by atoms with Gasteiger partial charge in [0.15, 0.2) is 0 Å². The van der Waals surface area contributed by atoms with Crippen LogP contribution in [-0.4, -0.2) is 22.3 Å². The van der Waals surface area contributed by atoms with Crippen LogP contribution in [0.3, 0.4) is 0 Å². The second-order valence-electron chi connectivity index (χ2n) is 5.36.